The van der Waals surface area contributed by atoms with Crippen molar-refractivity contribution in [2.45, 2.75) is 49.9 Å². The molecule has 4 aromatic heterocycles. The third-order valence-corrected chi connectivity index (χ3v) is 13.0. The summed E-state index contributed by atoms with van der Waals surface area (Å²) >= 11 is 0. The molecule has 0 bridgehead atoms. The summed E-state index contributed by atoms with van der Waals surface area (Å²) < 4.78 is 3.25. The summed E-state index contributed by atoms with van der Waals surface area (Å²) in [7, 11) is 3.49. The van der Waals surface area contributed by atoms with Gasteiger partial charge in [-0.2, -0.15) is 0 Å². The number of aromatic nitrogens is 8. The molecule has 16 heteroatoms. The Hall–Kier alpha value is -8.40. The van der Waals surface area contributed by atoms with Crippen molar-refractivity contribution in [2.24, 2.45) is 14.1 Å². The van der Waals surface area contributed by atoms with Crippen molar-refractivity contribution in [3.8, 4) is 33.6 Å². The Morgan fingerprint density at radius 3 is 1.28 bits per heavy atom. The largest absolute Gasteiger partial charge is 0.340 e. The summed E-state index contributed by atoms with van der Waals surface area (Å²) in [4.78, 5) is 83.5. The van der Waals surface area contributed by atoms with E-state index in [1.807, 2.05) is 82.9 Å². The van der Waals surface area contributed by atoms with E-state index in [4.69, 9.17) is 9.97 Å². The lowest BCUT2D eigenvalue weighted by Crippen LogP contribution is -2.43. The Kier molecular flexibility index (Phi) is 12.0. The second kappa shape index (κ2) is 18.8. The quantitative estimate of drug-likeness (QED) is 0.0929. The van der Waals surface area contributed by atoms with E-state index in [9.17, 15) is 19.2 Å². The minimum absolute atomic E-state index is 0.193. The van der Waals surface area contributed by atoms with Crippen molar-refractivity contribution < 1.29 is 19.2 Å². The normalized spacial score (nSPS) is 16.7. The van der Waals surface area contributed by atoms with Gasteiger partial charge in [-0.25, -0.2) is 19.9 Å². The summed E-state index contributed by atoms with van der Waals surface area (Å²) in [6.07, 6.45) is 12.8. The molecule has 0 radical (unpaired) electrons. The van der Waals surface area contributed by atoms with Gasteiger partial charge in [-0.05, 0) is 59.1 Å². The fourth-order valence-corrected chi connectivity index (χ4v) is 9.38. The lowest BCUT2D eigenvalue weighted by atomic mass is 10.0. The molecule has 4 N–H and O–H groups in total. The highest BCUT2D eigenvalue weighted by Gasteiger charge is 2.39. The second-order valence-electron chi connectivity index (χ2n) is 17.3. The fourth-order valence-electron chi connectivity index (χ4n) is 9.38. The molecule has 0 saturated carbocycles. The minimum atomic E-state index is -0.882. The molecule has 10 rings (SSSR count). The van der Waals surface area contributed by atoms with Gasteiger partial charge in [0, 0.05) is 27.2 Å². The Morgan fingerprint density at radius 2 is 0.912 bits per heavy atom. The maximum atomic E-state index is 14.3. The fraction of sp³-hybridized carbons (Fsp3) is 0.231. The molecule has 6 heterocycles. The lowest BCUT2D eigenvalue weighted by molar-refractivity contribution is -0.135. The first-order valence-electron chi connectivity index (χ1n) is 22.8. The molecule has 2 saturated heterocycles. The van der Waals surface area contributed by atoms with Crippen molar-refractivity contribution in [1.29, 1.82) is 0 Å². The smallest absolute Gasteiger partial charge is 0.270 e. The maximum Gasteiger partial charge on any atom is 0.270 e. The van der Waals surface area contributed by atoms with Crippen LogP contribution in [0.4, 0.5) is 0 Å². The van der Waals surface area contributed by atoms with Gasteiger partial charge in [-0.15, -0.1) is 0 Å². The number of aryl methyl sites for hydroxylation is 2. The van der Waals surface area contributed by atoms with Crippen molar-refractivity contribution >= 4 is 23.6 Å². The molecule has 68 heavy (non-hydrogen) atoms. The Morgan fingerprint density at radius 1 is 0.529 bits per heavy atom. The van der Waals surface area contributed by atoms with Crippen LogP contribution < -0.4 is 10.6 Å². The summed E-state index contributed by atoms with van der Waals surface area (Å²) in [5.41, 5.74) is 7.81. The van der Waals surface area contributed by atoms with Crippen LogP contribution in [0.5, 0.6) is 0 Å². The summed E-state index contributed by atoms with van der Waals surface area (Å²) in [6, 6.07) is 32.8. The zero-order valence-electron chi connectivity index (χ0n) is 37.6. The number of H-pyrrole nitrogens is 2. The van der Waals surface area contributed by atoms with Crippen LogP contribution in [-0.4, -0.2) is 85.6 Å². The van der Waals surface area contributed by atoms with Crippen LogP contribution in [0.25, 0.3) is 33.6 Å². The number of nitrogens with one attached hydrogen (secondary N) is 4. The molecule has 4 unspecified atom stereocenters. The first-order valence-corrected chi connectivity index (χ1v) is 22.8. The van der Waals surface area contributed by atoms with E-state index in [0.29, 0.717) is 47.3 Å². The van der Waals surface area contributed by atoms with Crippen molar-refractivity contribution in [1.82, 2.24) is 59.5 Å². The minimum Gasteiger partial charge on any atom is -0.340 e. The van der Waals surface area contributed by atoms with E-state index in [0.717, 1.165) is 59.3 Å². The van der Waals surface area contributed by atoms with Gasteiger partial charge in [-0.3, -0.25) is 19.2 Å². The maximum absolute atomic E-state index is 14.3. The van der Waals surface area contributed by atoms with Crippen LogP contribution in [0.3, 0.4) is 0 Å². The number of nitrogens with zero attached hydrogens (tertiary/aromatic N) is 8. The summed E-state index contributed by atoms with van der Waals surface area (Å²) in [6.45, 7) is 1.09. The molecule has 4 atom stereocenters. The van der Waals surface area contributed by atoms with E-state index in [1.165, 1.54) is 12.4 Å². The predicted octanol–water partition coefficient (Wildman–Crippen LogP) is 7.27. The van der Waals surface area contributed by atoms with Gasteiger partial charge in [0.05, 0.1) is 60.9 Å². The van der Waals surface area contributed by atoms with Crippen LogP contribution in [0.15, 0.2) is 147 Å². The van der Waals surface area contributed by atoms with Crippen LogP contribution in [0.2, 0.25) is 0 Å². The molecule has 2 aliphatic heterocycles. The average Bonchev–Trinajstić information content (AvgIpc) is 4.24. The van der Waals surface area contributed by atoms with E-state index >= 15 is 0 Å². The number of likely N-dealkylation sites (tertiary alicyclic amines) is 2. The van der Waals surface area contributed by atoms with E-state index in [2.05, 4.69) is 79.1 Å². The molecular formula is C52H50N12O4. The highest BCUT2D eigenvalue weighted by atomic mass is 16.2. The van der Waals surface area contributed by atoms with Gasteiger partial charge in [0.15, 0.2) is 0 Å². The molecule has 16 nitrogen and oxygen atoms in total. The monoisotopic (exact) mass is 906 g/mol. The topological polar surface area (TPSA) is 192 Å². The van der Waals surface area contributed by atoms with Crippen molar-refractivity contribution in [3.05, 3.63) is 181 Å². The molecule has 4 aromatic carbocycles. The molecule has 2 aliphatic rings. The van der Waals surface area contributed by atoms with Crippen LogP contribution in [0.1, 0.15) is 93.6 Å². The van der Waals surface area contributed by atoms with Crippen molar-refractivity contribution in [2.75, 3.05) is 13.1 Å². The molecule has 2 fully saturated rings. The summed E-state index contributed by atoms with van der Waals surface area (Å²) in [5.74, 6) is 0.259. The average molecular weight is 907 g/mol. The number of rotatable bonds is 13. The molecule has 342 valence electrons. The number of benzene rings is 4. The number of carbonyl (C=O) groups is 4. The second-order valence-corrected chi connectivity index (χ2v) is 17.3. The first kappa shape index (κ1) is 43.5. The van der Waals surface area contributed by atoms with Gasteiger partial charge in [0.25, 0.3) is 11.8 Å². The van der Waals surface area contributed by atoms with Gasteiger partial charge >= 0.3 is 0 Å². The van der Waals surface area contributed by atoms with E-state index in [-0.39, 0.29) is 35.7 Å². The van der Waals surface area contributed by atoms with Crippen LogP contribution >= 0.6 is 0 Å². The number of aromatic amines is 2. The zero-order chi connectivity index (χ0) is 46.7. The molecule has 0 aliphatic carbocycles. The SMILES string of the molecule is Cn1cncc1C(=O)NC(C(=O)N1CCCC1c1ncc(-c2ccc(-c3ccc(-c4cnc(C5CCCN5C(=O)C(NC(=O)c5cncn5C)c5ccccc5)[nH]4)cc3)cc2)[nH]1)c1ccccc1. The summed E-state index contributed by atoms with van der Waals surface area (Å²) in [5, 5.41) is 5.94. The molecule has 4 amide bonds. The van der Waals surface area contributed by atoms with Gasteiger partial charge in [0.1, 0.15) is 35.1 Å². The van der Waals surface area contributed by atoms with Crippen LogP contribution in [0, 0.1) is 0 Å². The predicted molar refractivity (Wildman–Crippen MR) is 254 cm³/mol. The lowest BCUT2D eigenvalue weighted by Gasteiger charge is -2.28. The highest BCUT2D eigenvalue weighted by molar-refractivity contribution is 5.97. The third kappa shape index (κ3) is 8.70. The number of carbonyl (C=O) groups excluding carboxylic acids is 4. The Bertz CT molecular complexity index is 2860. The van der Waals surface area contributed by atoms with E-state index in [1.54, 1.807) is 35.9 Å². The Balaban J connectivity index is 0.801. The molecular weight excluding hydrogens is 857 g/mol. The van der Waals surface area contributed by atoms with Gasteiger partial charge in [-0.1, -0.05) is 109 Å². The highest BCUT2D eigenvalue weighted by Crippen LogP contribution is 2.36. The number of imidazole rings is 4. The van der Waals surface area contributed by atoms with Gasteiger partial charge in [0.2, 0.25) is 11.8 Å². The third-order valence-electron chi connectivity index (χ3n) is 13.0. The number of hydrogen-bond donors (Lipinski definition) is 4. The van der Waals surface area contributed by atoms with Crippen LogP contribution in [-0.2, 0) is 23.7 Å². The number of amides is 4. The van der Waals surface area contributed by atoms with E-state index < -0.39 is 12.1 Å². The molecule has 8 aromatic rings. The van der Waals surface area contributed by atoms with Crippen molar-refractivity contribution in [3.63, 3.8) is 0 Å². The van der Waals surface area contributed by atoms with Gasteiger partial charge < -0.3 is 39.5 Å². The molecule has 0 spiro atoms. The Labute approximate surface area is 392 Å². The standard InChI is InChI=1S/C52H50N12O4/c1-61-31-53-29-43(61)49(65)59-45(37-11-5-3-6-12-37)51(67)63-25-9-15-41(63)47-55-27-39(57-47)35-21-17-33(18-22-35)34-19-23-36(24-20-34)40-28-56-48(58-40)42-16-10-26-64(42)52(68)46(38-13-7-4-8-14-38)60-50(66)44-30-54-32-62(44)2/h3-8,11-14,17-24,27-32,41-42,45-46H,9-10,15-16,25-26H2,1-2H3,(H,55,57)(H,56,58)(H,59,65)(H,60,66). The first-order chi connectivity index (χ1) is 33.2. The number of hydrogen-bond acceptors (Lipinski definition) is 8. The zero-order valence-corrected chi connectivity index (χ0v) is 37.6.